The van der Waals surface area contributed by atoms with Crippen LogP contribution in [-0.4, -0.2) is 43.8 Å². The van der Waals surface area contributed by atoms with E-state index in [1.165, 1.54) is 7.11 Å². The Hall–Kier alpha value is 0.990. The molecule has 0 saturated carbocycles. The molecule has 0 radical (unpaired) electrons. The molecule has 0 aromatic heterocycles. The summed E-state index contributed by atoms with van der Waals surface area (Å²) in [6.45, 7) is 0. The second kappa shape index (κ2) is 9.10. The zero-order valence-corrected chi connectivity index (χ0v) is 14.9. The Kier molecular flexibility index (Phi) is 8.64. The molecular weight excluding hydrogens is 332 g/mol. The Balaban J connectivity index is 2.88. The average molecular weight is 350 g/mol. The molecule has 112 valence electrons. The van der Waals surface area contributed by atoms with Gasteiger partial charge < -0.3 is 27.6 Å². The Labute approximate surface area is 121 Å². The van der Waals surface area contributed by atoms with Gasteiger partial charge in [-0.1, -0.05) is 0 Å². The predicted molar refractivity (Wildman–Crippen MR) is 79.8 cm³/mol. The van der Waals surface area contributed by atoms with E-state index in [2.05, 4.69) is 42.6 Å². The highest BCUT2D eigenvalue weighted by Crippen LogP contribution is 2.33. The lowest BCUT2D eigenvalue weighted by molar-refractivity contribution is -0.248. The number of methoxy groups -OCH3 is 1. The van der Waals surface area contributed by atoms with Crippen molar-refractivity contribution in [1.82, 2.24) is 0 Å². The molecule has 1 rings (SSSR count). The molecule has 19 heavy (non-hydrogen) atoms. The third-order valence-electron chi connectivity index (χ3n) is 2.79. The zero-order chi connectivity index (χ0) is 14.4. The third-order valence-corrected chi connectivity index (χ3v) is 4.00. The van der Waals surface area contributed by atoms with Crippen LogP contribution in [0, 0.1) is 0 Å². The maximum absolute atomic E-state index is 11.4. The van der Waals surface area contributed by atoms with Crippen LogP contribution < -0.4 is 0 Å². The van der Waals surface area contributed by atoms with Crippen LogP contribution in [0.5, 0.6) is 0 Å². The van der Waals surface area contributed by atoms with Gasteiger partial charge in [-0.05, 0) is 0 Å². The van der Waals surface area contributed by atoms with E-state index in [0.717, 1.165) is 0 Å². The predicted octanol–water partition coefficient (Wildman–Crippen LogP) is 0.607. The summed E-state index contributed by atoms with van der Waals surface area (Å²) in [5.41, 5.74) is 0. The molecule has 1 heterocycles. The van der Waals surface area contributed by atoms with Crippen molar-refractivity contribution in [3.63, 3.8) is 0 Å². The number of hydrogen-bond donors (Lipinski definition) is 0. The minimum absolute atomic E-state index is 0.0220. The van der Waals surface area contributed by atoms with E-state index < -0.39 is 36.7 Å². The standard InChI is InChI=1S/C8H18O7P4/c1-10-4(9)2-3-5(12-16)6(13-17)7(14-18)8(11-3)15-19/h3,5-8H,2,16-19H2,1H3. The van der Waals surface area contributed by atoms with Gasteiger partial charge in [0, 0.05) is 37.9 Å². The van der Waals surface area contributed by atoms with Crippen LogP contribution in [0.2, 0.25) is 0 Å². The van der Waals surface area contributed by atoms with Crippen LogP contribution in [0.15, 0.2) is 0 Å². The van der Waals surface area contributed by atoms with Crippen molar-refractivity contribution < 1.29 is 32.4 Å². The highest BCUT2D eigenvalue weighted by atomic mass is 31.0. The number of carbonyl (C=O) groups excluding carboxylic acids is 1. The minimum Gasteiger partial charge on any atom is -0.469 e. The topological polar surface area (TPSA) is 72.5 Å². The molecule has 0 spiro atoms. The highest BCUT2D eigenvalue weighted by Gasteiger charge is 2.48. The maximum atomic E-state index is 11.4. The lowest BCUT2D eigenvalue weighted by Crippen LogP contribution is -2.58. The number of hydrogen-bond acceptors (Lipinski definition) is 7. The van der Waals surface area contributed by atoms with Gasteiger partial charge in [-0.2, -0.15) is 0 Å². The van der Waals surface area contributed by atoms with Crippen LogP contribution in [0.25, 0.3) is 0 Å². The van der Waals surface area contributed by atoms with Crippen molar-refractivity contribution in [1.29, 1.82) is 0 Å². The van der Waals surface area contributed by atoms with E-state index in [4.69, 9.17) is 22.8 Å². The Morgan fingerprint density at radius 1 is 1.00 bits per heavy atom. The fourth-order valence-electron chi connectivity index (χ4n) is 1.86. The number of rotatable bonds is 6. The van der Waals surface area contributed by atoms with Gasteiger partial charge in [-0.15, -0.1) is 0 Å². The largest absolute Gasteiger partial charge is 0.469 e. The molecule has 1 fully saturated rings. The lowest BCUT2D eigenvalue weighted by Gasteiger charge is -2.43. The molecule has 0 aromatic carbocycles. The first kappa shape index (κ1) is 18.0. The average Bonchev–Trinajstić information content (AvgIpc) is 2.45. The molecule has 0 bridgehead atoms. The maximum Gasteiger partial charge on any atom is 0.308 e. The summed E-state index contributed by atoms with van der Waals surface area (Å²) in [4.78, 5) is 11.4. The minimum atomic E-state index is -0.709. The van der Waals surface area contributed by atoms with Gasteiger partial charge in [0.25, 0.3) is 0 Å². The summed E-state index contributed by atoms with van der Waals surface area (Å²) in [5, 5.41) is 0. The van der Waals surface area contributed by atoms with Gasteiger partial charge in [0.15, 0.2) is 6.29 Å². The molecule has 1 aliphatic rings. The molecule has 9 unspecified atom stereocenters. The first-order chi connectivity index (χ1) is 9.12. The summed E-state index contributed by atoms with van der Waals surface area (Å²) in [5.74, 6) is -0.410. The summed E-state index contributed by atoms with van der Waals surface area (Å²) in [6.07, 6.45) is -2.80. The van der Waals surface area contributed by atoms with Crippen molar-refractivity contribution in [2.75, 3.05) is 7.11 Å². The van der Waals surface area contributed by atoms with Gasteiger partial charge in [0.1, 0.15) is 24.4 Å². The van der Waals surface area contributed by atoms with Gasteiger partial charge >= 0.3 is 5.97 Å². The van der Waals surface area contributed by atoms with Crippen LogP contribution in [0.3, 0.4) is 0 Å². The molecule has 1 saturated heterocycles. The van der Waals surface area contributed by atoms with Gasteiger partial charge in [-0.25, -0.2) is 0 Å². The second-order valence-corrected chi connectivity index (χ2v) is 4.85. The zero-order valence-electron chi connectivity index (χ0n) is 10.3. The van der Waals surface area contributed by atoms with Crippen molar-refractivity contribution >= 4 is 43.8 Å². The third kappa shape index (κ3) is 4.48. The molecule has 0 N–H and O–H groups in total. The van der Waals surface area contributed by atoms with Crippen LogP contribution >= 0.6 is 37.9 Å². The second-order valence-electron chi connectivity index (χ2n) is 3.76. The van der Waals surface area contributed by atoms with E-state index in [1.807, 2.05) is 0 Å². The Morgan fingerprint density at radius 2 is 1.58 bits per heavy atom. The number of ether oxygens (including phenoxy) is 2. The fourth-order valence-corrected chi connectivity index (χ4v) is 3.01. The molecule has 0 aliphatic carbocycles. The molecule has 11 heteroatoms. The summed E-state index contributed by atoms with van der Waals surface area (Å²) in [7, 11) is 9.82. The van der Waals surface area contributed by atoms with E-state index in [1.54, 1.807) is 0 Å². The Morgan fingerprint density at radius 3 is 2.00 bits per heavy atom. The highest BCUT2D eigenvalue weighted by molar-refractivity contribution is 7.10. The summed E-state index contributed by atoms with van der Waals surface area (Å²) >= 11 is 0. The summed E-state index contributed by atoms with van der Waals surface area (Å²) < 4.78 is 31.2. The van der Waals surface area contributed by atoms with Crippen LogP contribution in [0.1, 0.15) is 6.42 Å². The van der Waals surface area contributed by atoms with E-state index in [9.17, 15) is 4.79 Å². The van der Waals surface area contributed by atoms with Gasteiger partial charge in [0.05, 0.1) is 13.5 Å². The molecular formula is C8H18O7P4. The Bertz CT molecular complexity index is 294. The van der Waals surface area contributed by atoms with E-state index in [0.29, 0.717) is 0 Å². The van der Waals surface area contributed by atoms with Crippen molar-refractivity contribution in [3.05, 3.63) is 0 Å². The van der Waals surface area contributed by atoms with Crippen LogP contribution in [-0.2, 0) is 32.4 Å². The fraction of sp³-hybridized carbons (Fsp3) is 0.875. The molecule has 9 atom stereocenters. The van der Waals surface area contributed by atoms with E-state index in [-0.39, 0.29) is 6.42 Å². The number of carbonyl (C=O) groups is 1. The first-order valence-electron chi connectivity index (χ1n) is 5.27. The first-order valence-corrected chi connectivity index (χ1v) is 7.15. The normalized spacial score (nSPS) is 35.1. The molecule has 1 aliphatic heterocycles. The van der Waals surface area contributed by atoms with Crippen molar-refractivity contribution in [2.45, 2.75) is 37.1 Å². The van der Waals surface area contributed by atoms with Gasteiger partial charge in [-0.3, -0.25) is 4.79 Å². The molecule has 0 amide bonds. The molecule has 0 aromatic rings. The lowest BCUT2D eigenvalue weighted by atomic mass is 9.97. The number of esters is 1. The monoisotopic (exact) mass is 350 g/mol. The van der Waals surface area contributed by atoms with E-state index >= 15 is 0 Å². The molecule has 7 nitrogen and oxygen atoms in total. The quantitative estimate of drug-likeness (QED) is 0.513. The smallest absolute Gasteiger partial charge is 0.308 e. The van der Waals surface area contributed by atoms with Crippen molar-refractivity contribution in [2.24, 2.45) is 0 Å². The van der Waals surface area contributed by atoms with Crippen molar-refractivity contribution in [3.8, 4) is 0 Å². The summed E-state index contributed by atoms with van der Waals surface area (Å²) in [6, 6.07) is 0. The SMILES string of the molecule is COC(=O)CC1OC(OP)C(OP)C(OP)C1OP. The van der Waals surface area contributed by atoms with Crippen LogP contribution in [0.4, 0.5) is 0 Å². The van der Waals surface area contributed by atoms with Gasteiger partial charge in [0.2, 0.25) is 0 Å².